The maximum atomic E-state index is 5.78. The van der Waals surface area contributed by atoms with Crippen LogP contribution in [0.25, 0.3) is 23.1 Å². The molecule has 1 fully saturated rings. The van der Waals surface area contributed by atoms with Crippen LogP contribution in [-0.2, 0) is 5.41 Å². The minimum Gasteiger partial charge on any atom is -0.496 e. The first-order valence-electron chi connectivity index (χ1n) is 14.9. The number of rotatable bonds is 11. The molecule has 5 rings (SSSR count). The summed E-state index contributed by atoms with van der Waals surface area (Å²) in [6.45, 7) is 15.5. The third kappa shape index (κ3) is 5.82. The Hall–Kier alpha value is -3.13. The molecule has 0 unspecified atom stereocenters. The minimum absolute atomic E-state index is 0.153. The van der Waals surface area contributed by atoms with E-state index in [1.165, 1.54) is 54.1 Å². The molecule has 0 amide bonds. The van der Waals surface area contributed by atoms with Gasteiger partial charge in [0, 0.05) is 47.4 Å². The van der Waals surface area contributed by atoms with Gasteiger partial charge in [-0.25, -0.2) is 0 Å². The molecule has 8 heteroatoms. The van der Waals surface area contributed by atoms with Gasteiger partial charge in [-0.3, -0.25) is 0 Å². The number of benzene rings is 1. The van der Waals surface area contributed by atoms with Gasteiger partial charge in [-0.05, 0) is 62.1 Å². The van der Waals surface area contributed by atoms with Crippen LogP contribution in [0.5, 0.6) is 5.75 Å². The van der Waals surface area contributed by atoms with Crippen LogP contribution < -0.4 is 19.8 Å². The third-order valence-corrected chi connectivity index (χ3v) is 8.81. The highest BCUT2D eigenvalue weighted by molar-refractivity contribution is 7.16. The molecule has 7 nitrogen and oxygen atoms in total. The lowest BCUT2D eigenvalue weighted by atomic mass is 9.91. The molecule has 214 valence electrons. The molecule has 1 saturated heterocycles. The van der Waals surface area contributed by atoms with Crippen molar-refractivity contribution >= 4 is 33.7 Å². The van der Waals surface area contributed by atoms with Crippen molar-refractivity contribution in [1.29, 1.82) is 0 Å². The second-order valence-electron chi connectivity index (χ2n) is 11.9. The second kappa shape index (κ2) is 12.2. The Morgan fingerprint density at radius 1 is 1.00 bits per heavy atom. The number of fused-ring (bicyclic) bond motifs is 1. The zero-order valence-corrected chi connectivity index (χ0v) is 25.9. The van der Waals surface area contributed by atoms with E-state index < -0.39 is 0 Å². The van der Waals surface area contributed by atoms with E-state index >= 15 is 0 Å². The predicted octanol–water partition coefficient (Wildman–Crippen LogP) is 6.71. The van der Waals surface area contributed by atoms with E-state index in [2.05, 4.69) is 79.9 Å². The molecule has 1 aromatic carbocycles. The normalized spacial score (nSPS) is 14.6. The van der Waals surface area contributed by atoms with Crippen molar-refractivity contribution in [3.05, 3.63) is 46.1 Å². The Morgan fingerprint density at radius 2 is 1.73 bits per heavy atom. The van der Waals surface area contributed by atoms with E-state index in [-0.39, 0.29) is 5.41 Å². The van der Waals surface area contributed by atoms with Crippen molar-refractivity contribution in [3.63, 3.8) is 0 Å². The van der Waals surface area contributed by atoms with Crippen LogP contribution >= 0.6 is 11.3 Å². The quantitative estimate of drug-likeness (QED) is 0.203. The molecular formula is C32H44N6OS. The molecule has 0 atom stereocenters. The SMILES string of the molecule is CCCCN(CCCC)c1ccc(/C=c2/c(C(C)(C)C)nn3c(-c4cc(N5CCCC5)ccc4OC)nnc23)s1. The maximum Gasteiger partial charge on any atom is 0.189 e. The van der Waals surface area contributed by atoms with Gasteiger partial charge in [-0.2, -0.15) is 9.61 Å². The number of methoxy groups -OCH3 is 1. The van der Waals surface area contributed by atoms with Gasteiger partial charge in [0.2, 0.25) is 0 Å². The molecule has 1 aliphatic heterocycles. The van der Waals surface area contributed by atoms with Crippen molar-refractivity contribution in [1.82, 2.24) is 19.8 Å². The molecule has 0 saturated carbocycles. The number of unbranched alkanes of at least 4 members (excludes halogenated alkanes) is 2. The van der Waals surface area contributed by atoms with Crippen LogP contribution in [0.1, 0.15) is 83.7 Å². The molecular weight excluding hydrogens is 516 g/mol. The smallest absolute Gasteiger partial charge is 0.189 e. The summed E-state index contributed by atoms with van der Waals surface area (Å²) in [6.07, 6.45) is 9.56. The number of anilines is 2. The van der Waals surface area contributed by atoms with Crippen LogP contribution in [0, 0.1) is 0 Å². The lowest BCUT2D eigenvalue weighted by molar-refractivity contribution is 0.416. The lowest BCUT2D eigenvalue weighted by Crippen LogP contribution is -2.24. The Bertz CT molecular complexity index is 1470. The molecule has 4 heterocycles. The summed E-state index contributed by atoms with van der Waals surface area (Å²) in [5.41, 5.74) is 3.78. The van der Waals surface area contributed by atoms with E-state index in [0.29, 0.717) is 0 Å². The first-order chi connectivity index (χ1) is 19.3. The van der Waals surface area contributed by atoms with Gasteiger partial charge in [0.25, 0.3) is 0 Å². The number of ether oxygens (including phenoxy) is 1. The van der Waals surface area contributed by atoms with Gasteiger partial charge in [0.05, 0.1) is 23.4 Å². The summed E-state index contributed by atoms with van der Waals surface area (Å²) in [7, 11) is 1.71. The Balaban J connectivity index is 1.59. The van der Waals surface area contributed by atoms with Crippen LogP contribution in [0.4, 0.5) is 10.7 Å². The molecule has 0 radical (unpaired) electrons. The number of nitrogens with zero attached hydrogens (tertiary/aromatic N) is 6. The number of hydrogen-bond donors (Lipinski definition) is 0. The third-order valence-electron chi connectivity index (χ3n) is 7.72. The predicted molar refractivity (Wildman–Crippen MR) is 168 cm³/mol. The monoisotopic (exact) mass is 560 g/mol. The van der Waals surface area contributed by atoms with E-state index in [1.54, 1.807) is 7.11 Å². The van der Waals surface area contributed by atoms with Gasteiger partial charge in [-0.15, -0.1) is 21.5 Å². The van der Waals surface area contributed by atoms with Crippen molar-refractivity contribution in [2.24, 2.45) is 0 Å². The van der Waals surface area contributed by atoms with Crippen LogP contribution in [-0.4, -0.2) is 53.1 Å². The first-order valence-corrected chi connectivity index (χ1v) is 15.7. The molecule has 3 aromatic heterocycles. The molecule has 0 bridgehead atoms. The molecule has 4 aromatic rings. The van der Waals surface area contributed by atoms with Crippen LogP contribution in [0.3, 0.4) is 0 Å². The summed E-state index contributed by atoms with van der Waals surface area (Å²) in [5, 5.41) is 16.9. The van der Waals surface area contributed by atoms with Crippen molar-refractivity contribution < 1.29 is 4.74 Å². The number of aromatic nitrogens is 4. The second-order valence-corrected chi connectivity index (χ2v) is 13.0. The summed E-state index contributed by atoms with van der Waals surface area (Å²) in [5.74, 6) is 1.50. The Kier molecular flexibility index (Phi) is 8.64. The van der Waals surface area contributed by atoms with Gasteiger partial charge in [-0.1, -0.05) is 47.5 Å². The first kappa shape index (κ1) is 28.4. The van der Waals surface area contributed by atoms with Crippen molar-refractivity contribution in [2.75, 3.05) is 43.1 Å². The van der Waals surface area contributed by atoms with E-state index in [4.69, 9.17) is 14.9 Å². The van der Waals surface area contributed by atoms with Gasteiger partial charge in [0.15, 0.2) is 11.5 Å². The van der Waals surface area contributed by atoms with Gasteiger partial charge >= 0.3 is 0 Å². The fourth-order valence-corrected chi connectivity index (χ4v) is 6.46. The van der Waals surface area contributed by atoms with Crippen molar-refractivity contribution in [2.45, 2.75) is 78.6 Å². The summed E-state index contributed by atoms with van der Waals surface area (Å²) >= 11 is 1.85. The zero-order valence-electron chi connectivity index (χ0n) is 25.0. The summed E-state index contributed by atoms with van der Waals surface area (Å²) in [4.78, 5) is 6.19. The van der Waals surface area contributed by atoms with Crippen LogP contribution in [0.2, 0.25) is 0 Å². The largest absolute Gasteiger partial charge is 0.496 e. The van der Waals surface area contributed by atoms with E-state index in [0.717, 1.165) is 59.9 Å². The molecule has 1 aliphatic rings. The number of hydrogen-bond acceptors (Lipinski definition) is 7. The molecule has 0 N–H and O–H groups in total. The Morgan fingerprint density at radius 3 is 2.38 bits per heavy atom. The topological polar surface area (TPSA) is 58.8 Å². The zero-order chi connectivity index (χ0) is 28.3. The average Bonchev–Trinajstić information content (AvgIpc) is 3.74. The molecule has 40 heavy (non-hydrogen) atoms. The van der Waals surface area contributed by atoms with Crippen molar-refractivity contribution in [3.8, 4) is 17.1 Å². The fourth-order valence-electron chi connectivity index (χ4n) is 5.46. The summed E-state index contributed by atoms with van der Waals surface area (Å²) in [6, 6.07) is 10.9. The average molecular weight is 561 g/mol. The van der Waals surface area contributed by atoms with E-state index in [9.17, 15) is 0 Å². The Labute approximate surface area is 242 Å². The maximum absolute atomic E-state index is 5.78. The van der Waals surface area contributed by atoms with Gasteiger partial charge < -0.3 is 14.5 Å². The van der Waals surface area contributed by atoms with E-state index in [1.807, 2.05) is 21.9 Å². The lowest BCUT2D eigenvalue weighted by Gasteiger charge is -2.22. The van der Waals surface area contributed by atoms with Gasteiger partial charge in [0.1, 0.15) is 5.75 Å². The fraction of sp³-hybridized carbons (Fsp3) is 0.531. The summed E-state index contributed by atoms with van der Waals surface area (Å²) < 4.78 is 7.70. The highest BCUT2D eigenvalue weighted by Crippen LogP contribution is 2.34. The highest BCUT2D eigenvalue weighted by atomic mass is 32.1. The molecule has 0 aliphatic carbocycles. The number of thiophene rings is 1. The molecule has 0 spiro atoms. The van der Waals surface area contributed by atoms with Crippen LogP contribution in [0.15, 0.2) is 30.3 Å². The highest BCUT2D eigenvalue weighted by Gasteiger charge is 2.26. The standard InChI is InChI=1S/C32H44N6OS/c1-7-9-17-37(18-10-8-2)28-16-14-24(40-28)22-26-29(32(3,4)5)35-38-30(33-34-31(26)38)25-21-23(13-15-27(25)39-6)36-19-11-12-20-36/h13-16,21-22H,7-12,17-20H2,1-6H3/b26-22-. The minimum atomic E-state index is -0.153.